The first-order chi connectivity index (χ1) is 12.4. The summed E-state index contributed by atoms with van der Waals surface area (Å²) in [5.74, 6) is -0.416. The zero-order valence-corrected chi connectivity index (χ0v) is 13.8. The van der Waals surface area contributed by atoms with Gasteiger partial charge < -0.3 is 15.2 Å². The van der Waals surface area contributed by atoms with E-state index in [2.05, 4.69) is 5.32 Å². The molecule has 26 heavy (non-hydrogen) atoms. The molecular formula is C18H15N3O5. The second-order valence-electron chi connectivity index (χ2n) is 5.21. The largest absolute Gasteiger partial charge is 0.502 e. The lowest BCUT2D eigenvalue weighted by molar-refractivity contribution is -0.385. The number of benzene rings is 2. The summed E-state index contributed by atoms with van der Waals surface area (Å²) in [5, 5.41) is 32.1. The molecule has 0 aliphatic carbocycles. The average molecular weight is 353 g/mol. The summed E-state index contributed by atoms with van der Waals surface area (Å²) in [4.78, 5) is 22.2. The number of nitriles is 1. The monoisotopic (exact) mass is 353 g/mol. The van der Waals surface area contributed by atoms with Gasteiger partial charge in [-0.15, -0.1) is 0 Å². The lowest BCUT2D eigenvalue weighted by Crippen LogP contribution is -2.23. The van der Waals surface area contributed by atoms with Crippen molar-refractivity contribution in [1.29, 1.82) is 5.26 Å². The first-order valence-corrected chi connectivity index (χ1v) is 7.45. The maximum atomic E-state index is 12.2. The number of nitro benzene ring substituents is 1. The Morgan fingerprint density at radius 1 is 1.35 bits per heavy atom. The predicted molar refractivity (Wildman–Crippen MR) is 93.2 cm³/mol. The molecule has 2 aromatic rings. The summed E-state index contributed by atoms with van der Waals surface area (Å²) in [5.41, 5.74) is 0.357. The number of nitrogens with one attached hydrogen (secondary N) is 1. The van der Waals surface area contributed by atoms with Crippen molar-refractivity contribution in [2.75, 3.05) is 7.11 Å². The third kappa shape index (κ3) is 4.58. The molecule has 0 fully saturated rings. The Morgan fingerprint density at radius 3 is 2.62 bits per heavy atom. The second-order valence-corrected chi connectivity index (χ2v) is 5.21. The fourth-order valence-electron chi connectivity index (χ4n) is 2.11. The van der Waals surface area contributed by atoms with Gasteiger partial charge in [-0.3, -0.25) is 14.9 Å². The van der Waals surface area contributed by atoms with Gasteiger partial charge in [0.1, 0.15) is 17.4 Å². The topological polar surface area (TPSA) is 125 Å². The number of amides is 1. The number of nitrogens with zero attached hydrogens (tertiary/aromatic N) is 2. The van der Waals surface area contributed by atoms with Crippen LogP contribution in [0, 0.1) is 21.4 Å². The van der Waals surface area contributed by atoms with Crippen LogP contribution in [0.1, 0.15) is 11.1 Å². The number of aromatic hydroxyl groups is 1. The SMILES string of the molecule is COc1ccc(CNC(=O)C(C#N)=Cc2ccc(O)c([N+](=O)[O-])c2)cc1. The Hall–Kier alpha value is -3.86. The molecule has 8 nitrogen and oxygen atoms in total. The lowest BCUT2D eigenvalue weighted by Gasteiger charge is -2.06. The molecule has 0 saturated carbocycles. The summed E-state index contributed by atoms with van der Waals surface area (Å²) in [7, 11) is 1.55. The first-order valence-electron chi connectivity index (χ1n) is 7.45. The number of carbonyl (C=O) groups is 1. The van der Waals surface area contributed by atoms with E-state index in [1.54, 1.807) is 37.4 Å². The molecule has 2 rings (SSSR count). The highest BCUT2D eigenvalue weighted by Crippen LogP contribution is 2.27. The highest BCUT2D eigenvalue weighted by atomic mass is 16.6. The molecule has 0 aromatic heterocycles. The van der Waals surface area contributed by atoms with E-state index in [1.807, 2.05) is 0 Å². The Labute approximate surface area is 149 Å². The standard InChI is InChI=1S/C18H15N3O5/c1-26-15-5-2-12(3-6-15)11-20-18(23)14(10-19)8-13-4-7-17(22)16(9-13)21(24)25/h2-9,22H,11H2,1H3,(H,20,23). The summed E-state index contributed by atoms with van der Waals surface area (Å²) in [6, 6.07) is 12.4. The zero-order valence-electron chi connectivity index (χ0n) is 13.8. The van der Waals surface area contributed by atoms with E-state index in [-0.39, 0.29) is 17.7 Å². The van der Waals surface area contributed by atoms with E-state index >= 15 is 0 Å². The van der Waals surface area contributed by atoms with Crippen molar-refractivity contribution in [2.24, 2.45) is 0 Å². The van der Waals surface area contributed by atoms with Crippen molar-refractivity contribution >= 4 is 17.7 Å². The van der Waals surface area contributed by atoms with E-state index in [4.69, 9.17) is 4.74 Å². The van der Waals surface area contributed by atoms with Crippen molar-refractivity contribution in [1.82, 2.24) is 5.32 Å². The van der Waals surface area contributed by atoms with Gasteiger partial charge in [-0.25, -0.2) is 0 Å². The zero-order chi connectivity index (χ0) is 19.1. The smallest absolute Gasteiger partial charge is 0.311 e. The van der Waals surface area contributed by atoms with Gasteiger partial charge in [0.25, 0.3) is 5.91 Å². The molecule has 0 aliphatic heterocycles. The molecule has 2 aromatic carbocycles. The molecule has 2 N–H and O–H groups in total. The molecule has 0 heterocycles. The number of hydrogen-bond acceptors (Lipinski definition) is 6. The lowest BCUT2D eigenvalue weighted by atomic mass is 10.1. The van der Waals surface area contributed by atoms with Crippen LogP contribution in [0.15, 0.2) is 48.0 Å². The van der Waals surface area contributed by atoms with Crippen molar-refractivity contribution in [3.8, 4) is 17.6 Å². The maximum Gasteiger partial charge on any atom is 0.311 e. The first kappa shape index (κ1) is 18.5. The van der Waals surface area contributed by atoms with E-state index < -0.39 is 22.3 Å². The van der Waals surface area contributed by atoms with Crippen LogP contribution in [0.2, 0.25) is 0 Å². The van der Waals surface area contributed by atoms with Crippen LogP contribution in [-0.4, -0.2) is 23.0 Å². The van der Waals surface area contributed by atoms with Crippen LogP contribution in [-0.2, 0) is 11.3 Å². The Bertz CT molecular complexity index is 898. The number of methoxy groups -OCH3 is 1. The van der Waals surface area contributed by atoms with Gasteiger partial charge in [-0.1, -0.05) is 18.2 Å². The van der Waals surface area contributed by atoms with Crippen molar-refractivity contribution < 1.29 is 19.6 Å². The summed E-state index contributed by atoms with van der Waals surface area (Å²) in [6.07, 6.45) is 1.22. The van der Waals surface area contributed by atoms with Crippen molar-refractivity contribution in [3.63, 3.8) is 0 Å². The van der Waals surface area contributed by atoms with Crippen LogP contribution in [0.3, 0.4) is 0 Å². The fourth-order valence-corrected chi connectivity index (χ4v) is 2.11. The number of nitro groups is 1. The van der Waals surface area contributed by atoms with Gasteiger partial charge in [-0.05, 0) is 35.4 Å². The number of phenols is 1. The number of phenolic OH excluding ortho intramolecular Hbond substituents is 1. The molecule has 0 bridgehead atoms. The van der Waals surface area contributed by atoms with E-state index in [0.29, 0.717) is 5.75 Å². The molecule has 0 atom stereocenters. The summed E-state index contributed by atoms with van der Waals surface area (Å²) >= 11 is 0. The second kappa shape index (κ2) is 8.30. The number of ether oxygens (including phenoxy) is 1. The summed E-state index contributed by atoms with van der Waals surface area (Å²) in [6.45, 7) is 0.206. The fraction of sp³-hybridized carbons (Fsp3) is 0.111. The van der Waals surface area contributed by atoms with E-state index in [1.165, 1.54) is 12.1 Å². The predicted octanol–water partition coefficient (Wildman–Crippen LogP) is 2.53. The van der Waals surface area contributed by atoms with Crippen LogP contribution in [0.5, 0.6) is 11.5 Å². The molecule has 1 amide bonds. The van der Waals surface area contributed by atoms with Gasteiger partial charge in [0.15, 0.2) is 5.75 Å². The molecule has 0 saturated heterocycles. The normalized spacial score (nSPS) is 10.7. The third-order valence-electron chi connectivity index (χ3n) is 3.48. The Morgan fingerprint density at radius 2 is 2.04 bits per heavy atom. The molecule has 132 valence electrons. The van der Waals surface area contributed by atoms with Gasteiger partial charge in [-0.2, -0.15) is 5.26 Å². The molecular weight excluding hydrogens is 338 g/mol. The van der Waals surface area contributed by atoms with Crippen LogP contribution >= 0.6 is 0 Å². The molecule has 8 heteroatoms. The minimum atomic E-state index is -0.748. The van der Waals surface area contributed by atoms with Crippen LogP contribution in [0.25, 0.3) is 6.08 Å². The minimum Gasteiger partial charge on any atom is -0.502 e. The van der Waals surface area contributed by atoms with Gasteiger partial charge in [0.2, 0.25) is 0 Å². The van der Waals surface area contributed by atoms with Gasteiger partial charge >= 0.3 is 5.69 Å². The molecule has 0 aliphatic rings. The minimum absolute atomic E-state index is 0.206. The number of hydrogen-bond donors (Lipinski definition) is 2. The van der Waals surface area contributed by atoms with Crippen molar-refractivity contribution in [2.45, 2.75) is 6.54 Å². The van der Waals surface area contributed by atoms with Gasteiger partial charge in [0.05, 0.1) is 12.0 Å². The average Bonchev–Trinajstić information content (AvgIpc) is 2.65. The highest BCUT2D eigenvalue weighted by Gasteiger charge is 2.14. The third-order valence-corrected chi connectivity index (χ3v) is 3.48. The molecule has 0 unspecified atom stereocenters. The number of rotatable bonds is 6. The quantitative estimate of drug-likeness (QED) is 0.356. The molecule has 0 spiro atoms. The number of carbonyl (C=O) groups excluding carboxylic acids is 1. The Balaban J connectivity index is 2.12. The molecule has 0 radical (unpaired) electrons. The van der Waals surface area contributed by atoms with E-state index in [9.17, 15) is 25.3 Å². The van der Waals surface area contributed by atoms with Crippen LogP contribution in [0.4, 0.5) is 5.69 Å². The Kier molecular flexibility index (Phi) is 5.90. The highest BCUT2D eigenvalue weighted by molar-refractivity contribution is 6.01. The van der Waals surface area contributed by atoms with E-state index in [0.717, 1.165) is 17.7 Å². The van der Waals surface area contributed by atoms with Gasteiger partial charge in [0, 0.05) is 12.6 Å². The summed E-state index contributed by atoms with van der Waals surface area (Å²) < 4.78 is 5.05. The van der Waals surface area contributed by atoms with Crippen molar-refractivity contribution in [3.05, 3.63) is 69.3 Å². The maximum absolute atomic E-state index is 12.2. The van der Waals surface area contributed by atoms with Crippen LogP contribution < -0.4 is 10.1 Å².